The SMILES string of the molecule is C/C=C/C=C/[C@H](O)CC(=O)O. The summed E-state index contributed by atoms with van der Waals surface area (Å²) in [7, 11) is 0. The van der Waals surface area contributed by atoms with Gasteiger partial charge in [-0.15, -0.1) is 0 Å². The van der Waals surface area contributed by atoms with Gasteiger partial charge in [-0.1, -0.05) is 24.3 Å². The minimum Gasteiger partial charge on any atom is -0.481 e. The van der Waals surface area contributed by atoms with Gasteiger partial charge in [0.2, 0.25) is 0 Å². The van der Waals surface area contributed by atoms with Crippen molar-refractivity contribution >= 4 is 5.97 Å². The fraction of sp³-hybridized carbons (Fsp3) is 0.375. The van der Waals surface area contributed by atoms with Gasteiger partial charge in [0.05, 0.1) is 12.5 Å². The molecular weight excluding hydrogens is 144 g/mol. The van der Waals surface area contributed by atoms with Gasteiger partial charge in [0.1, 0.15) is 0 Å². The van der Waals surface area contributed by atoms with Crippen LogP contribution in [0.25, 0.3) is 0 Å². The molecule has 0 spiro atoms. The second-order valence-corrected chi connectivity index (χ2v) is 2.08. The van der Waals surface area contributed by atoms with E-state index >= 15 is 0 Å². The highest BCUT2D eigenvalue weighted by molar-refractivity contribution is 5.67. The molecule has 0 saturated carbocycles. The van der Waals surface area contributed by atoms with E-state index in [1.807, 2.05) is 6.92 Å². The van der Waals surface area contributed by atoms with E-state index in [0.29, 0.717) is 0 Å². The molecule has 3 nitrogen and oxygen atoms in total. The number of carboxylic acids is 1. The van der Waals surface area contributed by atoms with Crippen molar-refractivity contribution in [2.75, 3.05) is 0 Å². The highest BCUT2D eigenvalue weighted by atomic mass is 16.4. The van der Waals surface area contributed by atoms with Crippen LogP contribution < -0.4 is 0 Å². The van der Waals surface area contributed by atoms with Crippen LogP contribution in [-0.4, -0.2) is 22.3 Å². The first-order chi connectivity index (χ1) is 5.16. The molecular formula is C8H12O3. The van der Waals surface area contributed by atoms with Crippen LogP contribution in [0.3, 0.4) is 0 Å². The topological polar surface area (TPSA) is 57.5 Å². The first-order valence-electron chi connectivity index (χ1n) is 3.36. The molecule has 0 aromatic rings. The number of rotatable bonds is 4. The molecule has 0 aromatic heterocycles. The molecule has 0 heterocycles. The Hall–Kier alpha value is -1.09. The second-order valence-electron chi connectivity index (χ2n) is 2.08. The van der Waals surface area contributed by atoms with Gasteiger partial charge in [0.15, 0.2) is 0 Å². The van der Waals surface area contributed by atoms with Crippen molar-refractivity contribution in [2.24, 2.45) is 0 Å². The fourth-order valence-corrected chi connectivity index (χ4v) is 0.550. The number of carboxylic acid groups (broad SMARTS) is 1. The molecule has 0 fully saturated rings. The number of aliphatic hydroxyl groups is 1. The van der Waals surface area contributed by atoms with Crippen molar-refractivity contribution in [3.63, 3.8) is 0 Å². The van der Waals surface area contributed by atoms with Crippen molar-refractivity contribution < 1.29 is 15.0 Å². The normalized spacial score (nSPS) is 14.4. The van der Waals surface area contributed by atoms with Crippen LogP contribution in [0.4, 0.5) is 0 Å². The third-order valence-corrected chi connectivity index (χ3v) is 1.02. The Labute approximate surface area is 65.7 Å². The van der Waals surface area contributed by atoms with Gasteiger partial charge in [-0.05, 0) is 6.92 Å². The maximum atomic E-state index is 10.0. The number of allylic oxidation sites excluding steroid dienone is 3. The molecule has 0 bridgehead atoms. The summed E-state index contributed by atoms with van der Waals surface area (Å²) in [4.78, 5) is 10.0. The van der Waals surface area contributed by atoms with Crippen LogP contribution in [0.1, 0.15) is 13.3 Å². The average molecular weight is 156 g/mol. The van der Waals surface area contributed by atoms with E-state index in [0.717, 1.165) is 0 Å². The molecule has 3 heteroatoms. The van der Waals surface area contributed by atoms with Gasteiger partial charge in [0, 0.05) is 0 Å². The predicted molar refractivity (Wildman–Crippen MR) is 42.2 cm³/mol. The lowest BCUT2D eigenvalue weighted by atomic mass is 10.2. The van der Waals surface area contributed by atoms with Crippen LogP contribution in [0, 0.1) is 0 Å². The standard InChI is InChI=1S/C8H12O3/c1-2-3-4-5-7(9)6-8(10)11/h2-5,7,9H,6H2,1H3,(H,10,11)/b3-2+,5-4+/t7-/m0/s1. The van der Waals surface area contributed by atoms with Gasteiger partial charge in [-0.25, -0.2) is 0 Å². The maximum absolute atomic E-state index is 10.0. The molecule has 0 rings (SSSR count). The quantitative estimate of drug-likeness (QED) is 0.596. The van der Waals surface area contributed by atoms with Crippen molar-refractivity contribution in [1.29, 1.82) is 0 Å². The molecule has 0 aliphatic heterocycles. The molecule has 2 N–H and O–H groups in total. The smallest absolute Gasteiger partial charge is 0.306 e. The van der Waals surface area contributed by atoms with Crippen LogP contribution >= 0.6 is 0 Å². The molecule has 1 atom stereocenters. The number of hydrogen-bond acceptors (Lipinski definition) is 2. The lowest BCUT2D eigenvalue weighted by Crippen LogP contribution is -2.09. The number of hydrogen-bond donors (Lipinski definition) is 2. The summed E-state index contributed by atoms with van der Waals surface area (Å²) in [6.45, 7) is 1.84. The molecule has 0 aliphatic carbocycles. The first kappa shape index (κ1) is 9.91. The Morgan fingerprint density at radius 1 is 1.55 bits per heavy atom. The van der Waals surface area contributed by atoms with E-state index in [1.165, 1.54) is 6.08 Å². The molecule has 0 saturated heterocycles. The molecule has 0 aliphatic rings. The fourth-order valence-electron chi connectivity index (χ4n) is 0.550. The number of carbonyl (C=O) groups is 1. The van der Waals surface area contributed by atoms with E-state index in [2.05, 4.69) is 0 Å². The van der Waals surface area contributed by atoms with E-state index in [9.17, 15) is 4.79 Å². The minimum absolute atomic E-state index is 0.242. The zero-order valence-electron chi connectivity index (χ0n) is 6.40. The lowest BCUT2D eigenvalue weighted by molar-refractivity contribution is -0.138. The summed E-state index contributed by atoms with van der Waals surface area (Å²) < 4.78 is 0. The van der Waals surface area contributed by atoms with Crippen LogP contribution in [0.5, 0.6) is 0 Å². The minimum atomic E-state index is -0.998. The number of aliphatic hydroxyl groups excluding tert-OH is 1. The zero-order chi connectivity index (χ0) is 8.69. The summed E-state index contributed by atoms with van der Waals surface area (Å²) in [5.41, 5.74) is 0. The zero-order valence-corrected chi connectivity index (χ0v) is 6.40. The maximum Gasteiger partial charge on any atom is 0.306 e. The van der Waals surface area contributed by atoms with E-state index < -0.39 is 12.1 Å². The molecule has 0 radical (unpaired) electrons. The van der Waals surface area contributed by atoms with Gasteiger partial charge in [-0.3, -0.25) is 4.79 Å². The van der Waals surface area contributed by atoms with Crippen LogP contribution in [-0.2, 0) is 4.79 Å². The van der Waals surface area contributed by atoms with Gasteiger partial charge in [-0.2, -0.15) is 0 Å². The Kier molecular flexibility index (Phi) is 5.11. The number of aliphatic carboxylic acids is 1. The highest BCUT2D eigenvalue weighted by Gasteiger charge is 2.03. The molecule has 0 amide bonds. The molecule has 11 heavy (non-hydrogen) atoms. The molecule has 0 unspecified atom stereocenters. The monoisotopic (exact) mass is 156 g/mol. The summed E-state index contributed by atoms with van der Waals surface area (Å²) in [5.74, 6) is -0.998. The molecule has 62 valence electrons. The third kappa shape index (κ3) is 6.80. The third-order valence-electron chi connectivity index (χ3n) is 1.02. The van der Waals surface area contributed by atoms with Crippen LogP contribution in [0.2, 0.25) is 0 Å². The summed E-state index contributed by atoms with van der Waals surface area (Å²) in [6, 6.07) is 0. The first-order valence-corrected chi connectivity index (χ1v) is 3.36. The Morgan fingerprint density at radius 3 is 2.64 bits per heavy atom. The van der Waals surface area contributed by atoms with Crippen LogP contribution in [0.15, 0.2) is 24.3 Å². The van der Waals surface area contributed by atoms with Crippen molar-refractivity contribution in [2.45, 2.75) is 19.4 Å². The largest absolute Gasteiger partial charge is 0.481 e. The second kappa shape index (κ2) is 5.68. The summed E-state index contributed by atoms with van der Waals surface area (Å²) in [5, 5.41) is 17.2. The Morgan fingerprint density at radius 2 is 2.18 bits per heavy atom. The Balaban J connectivity index is 3.67. The van der Waals surface area contributed by atoms with E-state index in [1.54, 1.807) is 18.2 Å². The average Bonchev–Trinajstić information content (AvgIpc) is 1.86. The van der Waals surface area contributed by atoms with Crippen molar-refractivity contribution in [3.05, 3.63) is 24.3 Å². The van der Waals surface area contributed by atoms with Gasteiger partial charge < -0.3 is 10.2 Å². The van der Waals surface area contributed by atoms with Gasteiger partial charge >= 0.3 is 5.97 Å². The predicted octanol–water partition coefficient (Wildman–Crippen LogP) is 0.954. The van der Waals surface area contributed by atoms with Crippen molar-refractivity contribution in [3.8, 4) is 0 Å². The van der Waals surface area contributed by atoms with Gasteiger partial charge in [0.25, 0.3) is 0 Å². The van der Waals surface area contributed by atoms with E-state index in [4.69, 9.17) is 10.2 Å². The summed E-state index contributed by atoms with van der Waals surface area (Å²) >= 11 is 0. The highest BCUT2D eigenvalue weighted by Crippen LogP contribution is 1.93. The molecule has 0 aromatic carbocycles. The lowest BCUT2D eigenvalue weighted by Gasteiger charge is -1.97. The van der Waals surface area contributed by atoms with Crippen molar-refractivity contribution in [1.82, 2.24) is 0 Å². The summed E-state index contributed by atoms with van der Waals surface area (Å²) in [6.07, 6.45) is 5.45. The Bertz CT molecular complexity index is 170. The van der Waals surface area contributed by atoms with E-state index in [-0.39, 0.29) is 6.42 Å².